The Morgan fingerprint density at radius 1 is 1.20 bits per heavy atom. The number of thioether (sulfide) groups is 1. The lowest BCUT2D eigenvalue weighted by Gasteiger charge is -2.16. The fraction of sp³-hybridized carbons (Fsp3) is 0.250. The van der Waals surface area contributed by atoms with Gasteiger partial charge in [0.25, 0.3) is 0 Å². The molecule has 0 radical (unpaired) electrons. The lowest BCUT2D eigenvalue weighted by atomic mass is 10.2. The largest absolute Gasteiger partial charge is 0.342 e. The summed E-state index contributed by atoms with van der Waals surface area (Å²) in [4.78, 5) is 12.7. The topological polar surface area (TPSA) is 105 Å². The van der Waals surface area contributed by atoms with Crippen LogP contribution in [-0.4, -0.2) is 48.0 Å². The number of rotatable bonds is 9. The molecule has 1 atom stereocenters. The molecule has 0 spiro atoms. The molecule has 10 heteroatoms. The molecule has 1 aromatic carbocycles. The van der Waals surface area contributed by atoms with Crippen molar-refractivity contribution in [2.75, 3.05) is 19.1 Å². The summed E-state index contributed by atoms with van der Waals surface area (Å²) < 4.78 is 27.7. The van der Waals surface area contributed by atoms with Crippen LogP contribution in [0.25, 0.3) is 11.7 Å². The van der Waals surface area contributed by atoms with Crippen molar-refractivity contribution >= 4 is 39.4 Å². The number of hydrogen-bond donors (Lipinski definition) is 2. The molecule has 0 fully saturated rings. The van der Waals surface area contributed by atoms with E-state index in [0.29, 0.717) is 17.8 Å². The molecular formula is C20H23N5O3S2. The van der Waals surface area contributed by atoms with Gasteiger partial charge in [-0.25, -0.2) is 13.1 Å². The highest BCUT2D eigenvalue weighted by Crippen LogP contribution is 2.18. The molecule has 0 bridgehead atoms. The first-order valence-electron chi connectivity index (χ1n) is 9.25. The third kappa shape index (κ3) is 5.26. The zero-order valence-corrected chi connectivity index (χ0v) is 18.3. The fourth-order valence-corrected chi connectivity index (χ4v) is 4.07. The SMILES string of the molecule is CNS(=O)(=O)c1ccc(/C=C/C(=O)NC(CCSC)c2nnc3ccccn23)cc1. The van der Waals surface area contributed by atoms with Crippen LogP contribution in [0.5, 0.6) is 0 Å². The van der Waals surface area contributed by atoms with Crippen LogP contribution < -0.4 is 10.0 Å². The van der Waals surface area contributed by atoms with E-state index in [1.54, 1.807) is 30.0 Å². The highest BCUT2D eigenvalue weighted by molar-refractivity contribution is 7.98. The van der Waals surface area contributed by atoms with Gasteiger partial charge in [-0.2, -0.15) is 11.8 Å². The van der Waals surface area contributed by atoms with Crippen LogP contribution in [0, 0.1) is 0 Å². The number of aromatic nitrogens is 3. The van der Waals surface area contributed by atoms with Gasteiger partial charge in [-0.3, -0.25) is 9.20 Å². The second-order valence-electron chi connectivity index (χ2n) is 6.44. The maximum atomic E-state index is 12.5. The number of carbonyl (C=O) groups is 1. The molecule has 2 aromatic heterocycles. The summed E-state index contributed by atoms with van der Waals surface area (Å²) in [5.41, 5.74) is 1.44. The van der Waals surface area contributed by atoms with Crippen LogP contribution in [0.3, 0.4) is 0 Å². The van der Waals surface area contributed by atoms with Gasteiger partial charge in [-0.05, 0) is 61.4 Å². The number of nitrogens with one attached hydrogen (secondary N) is 2. The number of amides is 1. The Bertz CT molecular complexity index is 1140. The van der Waals surface area contributed by atoms with Crippen LogP contribution in [0.15, 0.2) is 59.6 Å². The number of nitrogens with zero attached hydrogens (tertiary/aromatic N) is 3. The van der Waals surface area contributed by atoms with E-state index in [2.05, 4.69) is 20.2 Å². The molecule has 30 heavy (non-hydrogen) atoms. The Hall–Kier alpha value is -2.69. The lowest BCUT2D eigenvalue weighted by molar-refractivity contribution is -0.117. The second kappa shape index (κ2) is 9.88. The first kappa shape index (κ1) is 22.0. The van der Waals surface area contributed by atoms with Crippen molar-refractivity contribution in [2.45, 2.75) is 17.4 Å². The highest BCUT2D eigenvalue weighted by Gasteiger charge is 2.19. The summed E-state index contributed by atoms with van der Waals surface area (Å²) in [5, 5.41) is 11.4. The van der Waals surface area contributed by atoms with Gasteiger partial charge in [-0.15, -0.1) is 10.2 Å². The molecule has 0 saturated carbocycles. The predicted octanol–water partition coefficient (Wildman–Crippen LogP) is 2.26. The van der Waals surface area contributed by atoms with Gasteiger partial charge >= 0.3 is 0 Å². The maximum absolute atomic E-state index is 12.5. The predicted molar refractivity (Wildman–Crippen MR) is 119 cm³/mol. The number of fused-ring (bicyclic) bond motifs is 1. The van der Waals surface area contributed by atoms with Gasteiger partial charge in [0.2, 0.25) is 15.9 Å². The number of pyridine rings is 1. The van der Waals surface area contributed by atoms with Crippen LogP contribution in [0.2, 0.25) is 0 Å². The minimum Gasteiger partial charge on any atom is -0.342 e. The van der Waals surface area contributed by atoms with Crippen molar-refractivity contribution in [2.24, 2.45) is 0 Å². The van der Waals surface area contributed by atoms with Crippen molar-refractivity contribution in [3.05, 3.63) is 66.1 Å². The Morgan fingerprint density at radius 3 is 2.67 bits per heavy atom. The number of carbonyl (C=O) groups excluding carboxylic acids is 1. The highest BCUT2D eigenvalue weighted by atomic mass is 32.2. The van der Waals surface area contributed by atoms with Gasteiger partial charge in [0.15, 0.2) is 11.5 Å². The van der Waals surface area contributed by atoms with E-state index in [1.807, 2.05) is 35.1 Å². The minimum absolute atomic E-state index is 0.169. The Kier molecular flexibility index (Phi) is 7.24. The lowest BCUT2D eigenvalue weighted by Crippen LogP contribution is -2.29. The van der Waals surface area contributed by atoms with E-state index in [1.165, 1.54) is 25.3 Å². The molecule has 2 N–H and O–H groups in total. The smallest absolute Gasteiger partial charge is 0.244 e. The number of hydrogen-bond acceptors (Lipinski definition) is 6. The molecule has 0 aliphatic rings. The van der Waals surface area contributed by atoms with Gasteiger partial charge in [0.05, 0.1) is 10.9 Å². The average molecular weight is 446 g/mol. The number of sulfonamides is 1. The summed E-state index contributed by atoms with van der Waals surface area (Å²) in [6, 6.07) is 11.6. The molecule has 8 nitrogen and oxygen atoms in total. The summed E-state index contributed by atoms with van der Waals surface area (Å²) in [5.74, 6) is 1.28. The van der Waals surface area contributed by atoms with Gasteiger partial charge < -0.3 is 5.32 Å². The molecule has 0 saturated heterocycles. The summed E-state index contributed by atoms with van der Waals surface area (Å²) in [7, 11) is -2.12. The zero-order valence-electron chi connectivity index (χ0n) is 16.6. The van der Waals surface area contributed by atoms with Crippen molar-refractivity contribution in [3.8, 4) is 0 Å². The van der Waals surface area contributed by atoms with Crippen molar-refractivity contribution < 1.29 is 13.2 Å². The van der Waals surface area contributed by atoms with Crippen molar-refractivity contribution in [3.63, 3.8) is 0 Å². The third-order valence-electron chi connectivity index (χ3n) is 4.47. The minimum atomic E-state index is -3.48. The Morgan fingerprint density at radius 2 is 1.97 bits per heavy atom. The molecule has 3 aromatic rings. The molecule has 1 amide bonds. The molecule has 3 rings (SSSR count). The molecular weight excluding hydrogens is 422 g/mol. The van der Waals surface area contributed by atoms with Gasteiger partial charge in [-0.1, -0.05) is 18.2 Å². The van der Waals surface area contributed by atoms with Crippen molar-refractivity contribution in [1.29, 1.82) is 0 Å². The standard InChI is InChI=1S/C20H23N5O3S2/c1-21-30(27,28)16-9-6-15(7-10-16)8-11-19(26)22-17(12-14-29-2)20-24-23-18-5-3-4-13-25(18)20/h3-11,13,17,21H,12,14H2,1-2H3,(H,22,26)/b11-8+. The van der Waals surface area contributed by atoms with E-state index >= 15 is 0 Å². The normalized spacial score (nSPS) is 13.0. The Balaban J connectivity index is 1.73. The van der Waals surface area contributed by atoms with E-state index in [0.717, 1.165) is 11.4 Å². The molecule has 1 unspecified atom stereocenters. The third-order valence-corrected chi connectivity index (χ3v) is 6.54. The van der Waals surface area contributed by atoms with E-state index in [9.17, 15) is 13.2 Å². The summed E-state index contributed by atoms with van der Waals surface area (Å²) in [6.45, 7) is 0. The van der Waals surface area contributed by atoms with Gasteiger partial charge in [0.1, 0.15) is 0 Å². The van der Waals surface area contributed by atoms with Gasteiger partial charge in [0, 0.05) is 12.3 Å². The molecule has 0 aliphatic carbocycles. The zero-order chi connectivity index (χ0) is 21.6. The first-order chi connectivity index (χ1) is 14.4. The van der Waals surface area contributed by atoms with E-state index in [4.69, 9.17) is 0 Å². The van der Waals surface area contributed by atoms with Crippen LogP contribution in [-0.2, 0) is 14.8 Å². The second-order valence-corrected chi connectivity index (χ2v) is 9.31. The quantitative estimate of drug-likeness (QED) is 0.490. The maximum Gasteiger partial charge on any atom is 0.244 e. The summed E-state index contributed by atoms with van der Waals surface area (Å²) >= 11 is 1.69. The van der Waals surface area contributed by atoms with E-state index in [-0.39, 0.29) is 16.8 Å². The van der Waals surface area contributed by atoms with Crippen LogP contribution >= 0.6 is 11.8 Å². The fourth-order valence-electron chi connectivity index (χ4n) is 2.87. The monoisotopic (exact) mass is 445 g/mol. The molecule has 158 valence electrons. The molecule has 2 heterocycles. The van der Waals surface area contributed by atoms with Crippen LogP contribution in [0.4, 0.5) is 0 Å². The van der Waals surface area contributed by atoms with Crippen molar-refractivity contribution in [1.82, 2.24) is 24.6 Å². The molecule has 0 aliphatic heterocycles. The first-order valence-corrected chi connectivity index (χ1v) is 12.1. The summed E-state index contributed by atoms with van der Waals surface area (Å²) in [6.07, 6.45) is 7.67. The average Bonchev–Trinajstić information content (AvgIpc) is 3.19. The van der Waals surface area contributed by atoms with Crippen LogP contribution in [0.1, 0.15) is 23.9 Å². The van der Waals surface area contributed by atoms with E-state index < -0.39 is 10.0 Å². The Labute approximate surface area is 179 Å². The number of benzene rings is 1.